The van der Waals surface area contributed by atoms with Gasteiger partial charge in [0.25, 0.3) is 0 Å². The number of hydrogen-bond donors (Lipinski definition) is 0. The number of nitrogens with zero attached hydrogens (tertiary/aromatic N) is 1. The first kappa shape index (κ1) is 9.89. The second kappa shape index (κ2) is 5.66. The van der Waals surface area contributed by atoms with Crippen LogP contribution in [-0.4, -0.2) is 13.3 Å². The van der Waals surface area contributed by atoms with Gasteiger partial charge in [0.15, 0.2) is 0 Å². The van der Waals surface area contributed by atoms with E-state index in [0.717, 1.165) is 11.1 Å². The van der Waals surface area contributed by atoms with Crippen molar-refractivity contribution in [1.82, 2.24) is 0 Å². The van der Waals surface area contributed by atoms with Gasteiger partial charge in [0.05, 0.1) is 0 Å². The third-order valence-electron chi connectivity index (χ3n) is 1.26. The number of rotatable bonds is 3. The third-order valence-corrected chi connectivity index (χ3v) is 1.26. The molecule has 0 heterocycles. The summed E-state index contributed by atoms with van der Waals surface area (Å²) in [5, 5.41) is 0. The van der Waals surface area contributed by atoms with Crippen molar-refractivity contribution < 1.29 is 0 Å². The molecule has 11 heavy (non-hydrogen) atoms. The van der Waals surface area contributed by atoms with E-state index in [2.05, 4.69) is 11.6 Å². The van der Waals surface area contributed by atoms with Gasteiger partial charge in [-0.1, -0.05) is 30.4 Å². The molecule has 1 heteroatoms. The minimum atomic E-state index is 1.15. The van der Waals surface area contributed by atoms with Crippen molar-refractivity contribution in [2.75, 3.05) is 7.05 Å². The highest BCUT2D eigenvalue weighted by Gasteiger charge is 1.78. The Labute approximate surface area is 68.9 Å². The van der Waals surface area contributed by atoms with Gasteiger partial charge in [0.1, 0.15) is 0 Å². The molecule has 0 spiro atoms. The van der Waals surface area contributed by atoms with Gasteiger partial charge in [-0.25, -0.2) is 0 Å². The van der Waals surface area contributed by atoms with Gasteiger partial charge in [-0.05, 0) is 19.4 Å². The highest BCUT2D eigenvalue weighted by molar-refractivity contribution is 5.77. The highest BCUT2D eigenvalue weighted by atomic mass is 14.6. The van der Waals surface area contributed by atoms with Crippen molar-refractivity contribution in [1.29, 1.82) is 0 Å². The lowest BCUT2D eigenvalue weighted by atomic mass is 10.2. The van der Waals surface area contributed by atoms with Crippen LogP contribution in [0.4, 0.5) is 0 Å². The average molecular weight is 149 g/mol. The molecule has 0 saturated carbocycles. The summed E-state index contributed by atoms with van der Waals surface area (Å²) in [6.07, 6.45) is 7.69. The first-order chi connectivity index (χ1) is 5.20. The maximum absolute atomic E-state index is 3.89. The van der Waals surface area contributed by atoms with E-state index < -0.39 is 0 Å². The Morgan fingerprint density at radius 1 is 1.18 bits per heavy atom. The van der Waals surface area contributed by atoms with Gasteiger partial charge < -0.3 is 0 Å². The van der Waals surface area contributed by atoms with Crippen LogP contribution in [0.1, 0.15) is 13.8 Å². The molecule has 0 aliphatic carbocycles. The zero-order chi connectivity index (χ0) is 8.69. The van der Waals surface area contributed by atoms with Crippen molar-refractivity contribution in [3.8, 4) is 0 Å². The molecule has 0 rings (SSSR count). The summed E-state index contributed by atoms with van der Waals surface area (Å²) in [5.74, 6) is 0. The SMILES string of the molecule is C=C\C(C)=C/C=C(C)/C=N/C. The van der Waals surface area contributed by atoms with Crippen LogP contribution in [0.3, 0.4) is 0 Å². The van der Waals surface area contributed by atoms with Gasteiger partial charge in [-0.15, -0.1) is 0 Å². The lowest BCUT2D eigenvalue weighted by Gasteiger charge is -1.88. The van der Waals surface area contributed by atoms with E-state index in [1.54, 1.807) is 7.05 Å². The Hall–Kier alpha value is -1.11. The molecule has 0 unspecified atom stereocenters. The topological polar surface area (TPSA) is 12.4 Å². The monoisotopic (exact) mass is 149 g/mol. The zero-order valence-electron chi connectivity index (χ0n) is 7.46. The zero-order valence-corrected chi connectivity index (χ0v) is 7.46. The second-order valence-electron chi connectivity index (χ2n) is 2.41. The molecule has 0 aromatic rings. The molecule has 0 saturated heterocycles. The molecule has 0 aromatic carbocycles. The molecular weight excluding hydrogens is 134 g/mol. The van der Waals surface area contributed by atoms with E-state index in [1.807, 2.05) is 38.3 Å². The molecule has 0 radical (unpaired) electrons. The van der Waals surface area contributed by atoms with Gasteiger partial charge in [0.2, 0.25) is 0 Å². The number of aliphatic imine (C=N–C) groups is 1. The van der Waals surface area contributed by atoms with E-state index in [1.165, 1.54) is 0 Å². The minimum Gasteiger partial charge on any atom is -0.296 e. The number of allylic oxidation sites excluding steroid dienone is 5. The molecule has 0 amide bonds. The van der Waals surface area contributed by atoms with Gasteiger partial charge in [-0.3, -0.25) is 4.99 Å². The van der Waals surface area contributed by atoms with E-state index in [4.69, 9.17) is 0 Å². The Morgan fingerprint density at radius 2 is 1.73 bits per heavy atom. The summed E-state index contributed by atoms with van der Waals surface area (Å²) in [4.78, 5) is 3.89. The van der Waals surface area contributed by atoms with E-state index in [9.17, 15) is 0 Å². The first-order valence-electron chi connectivity index (χ1n) is 3.60. The van der Waals surface area contributed by atoms with Crippen LogP contribution in [0, 0.1) is 0 Å². The molecule has 0 aliphatic rings. The van der Waals surface area contributed by atoms with E-state index in [-0.39, 0.29) is 0 Å². The van der Waals surface area contributed by atoms with Gasteiger partial charge >= 0.3 is 0 Å². The second-order valence-corrected chi connectivity index (χ2v) is 2.41. The molecule has 0 atom stereocenters. The number of hydrogen-bond acceptors (Lipinski definition) is 1. The normalized spacial score (nSPS) is 14.1. The predicted molar refractivity (Wildman–Crippen MR) is 52.1 cm³/mol. The van der Waals surface area contributed by atoms with Crippen molar-refractivity contribution in [3.05, 3.63) is 36.0 Å². The molecule has 0 aromatic heterocycles. The maximum Gasteiger partial charge on any atom is 0.0277 e. The van der Waals surface area contributed by atoms with E-state index >= 15 is 0 Å². The summed E-state index contributed by atoms with van der Waals surface area (Å²) in [7, 11) is 1.77. The standard InChI is InChI=1S/C10H15N/c1-5-9(2)6-7-10(3)8-11-4/h5-8H,1H2,2-4H3/b9-6-,10-7+,11-8+. The van der Waals surface area contributed by atoms with Crippen LogP contribution in [0.5, 0.6) is 0 Å². The van der Waals surface area contributed by atoms with Crippen LogP contribution < -0.4 is 0 Å². The largest absolute Gasteiger partial charge is 0.296 e. The third kappa shape index (κ3) is 5.34. The Balaban J connectivity index is 4.21. The molecule has 60 valence electrons. The maximum atomic E-state index is 3.89. The van der Waals surface area contributed by atoms with E-state index in [0.29, 0.717) is 0 Å². The van der Waals surface area contributed by atoms with Gasteiger partial charge in [-0.2, -0.15) is 0 Å². The molecule has 0 fully saturated rings. The Kier molecular flexibility index (Phi) is 5.09. The first-order valence-corrected chi connectivity index (χ1v) is 3.60. The van der Waals surface area contributed by atoms with Crippen molar-refractivity contribution in [2.45, 2.75) is 13.8 Å². The highest BCUT2D eigenvalue weighted by Crippen LogP contribution is 1.95. The summed E-state index contributed by atoms with van der Waals surface area (Å²) in [5.41, 5.74) is 2.31. The molecule has 0 aliphatic heterocycles. The lowest BCUT2D eigenvalue weighted by Crippen LogP contribution is -1.75. The molecule has 0 bridgehead atoms. The fraction of sp³-hybridized carbons (Fsp3) is 0.300. The fourth-order valence-electron chi connectivity index (χ4n) is 0.578. The molecule has 1 nitrogen and oxygen atoms in total. The van der Waals surface area contributed by atoms with Crippen LogP contribution in [0.2, 0.25) is 0 Å². The van der Waals surface area contributed by atoms with Crippen LogP contribution >= 0.6 is 0 Å². The van der Waals surface area contributed by atoms with Crippen LogP contribution in [0.15, 0.2) is 40.9 Å². The molecular formula is C10H15N. The minimum absolute atomic E-state index is 1.15. The lowest BCUT2D eigenvalue weighted by molar-refractivity contribution is 1.44. The van der Waals surface area contributed by atoms with Crippen molar-refractivity contribution in [3.63, 3.8) is 0 Å². The quantitative estimate of drug-likeness (QED) is 0.432. The molecule has 0 N–H and O–H groups in total. The average Bonchev–Trinajstić information content (AvgIpc) is 2.01. The van der Waals surface area contributed by atoms with Crippen LogP contribution in [-0.2, 0) is 0 Å². The summed E-state index contributed by atoms with van der Waals surface area (Å²) in [6, 6.07) is 0. The summed E-state index contributed by atoms with van der Waals surface area (Å²) < 4.78 is 0. The van der Waals surface area contributed by atoms with Gasteiger partial charge in [0, 0.05) is 13.3 Å². The fourth-order valence-corrected chi connectivity index (χ4v) is 0.578. The Morgan fingerprint density at radius 3 is 2.18 bits per heavy atom. The summed E-state index contributed by atoms with van der Waals surface area (Å²) in [6.45, 7) is 7.68. The van der Waals surface area contributed by atoms with Crippen LogP contribution in [0.25, 0.3) is 0 Å². The van der Waals surface area contributed by atoms with Crippen molar-refractivity contribution in [2.24, 2.45) is 4.99 Å². The predicted octanol–water partition coefficient (Wildman–Crippen LogP) is 2.77. The smallest absolute Gasteiger partial charge is 0.0277 e. The van der Waals surface area contributed by atoms with Crippen molar-refractivity contribution >= 4 is 6.21 Å². The Bertz CT molecular complexity index is 207. The summed E-state index contributed by atoms with van der Waals surface area (Å²) >= 11 is 0.